The molecule has 4 aromatic rings. The molecule has 248 valence electrons. The molecule has 1 atom stereocenters. The van der Waals surface area contributed by atoms with Crippen molar-refractivity contribution in [3.05, 3.63) is 77.6 Å². The van der Waals surface area contributed by atoms with Crippen molar-refractivity contribution in [3.8, 4) is 22.5 Å². The number of rotatable bonds is 12. The summed E-state index contributed by atoms with van der Waals surface area (Å²) < 4.78 is 41.2. The second-order valence-electron chi connectivity index (χ2n) is 12.4. The lowest BCUT2D eigenvalue weighted by molar-refractivity contribution is -0.129. The van der Waals surface area contributed by atoms with Crippen molar-refractivity contribution in [3.63, 3.8) is 0 Å². The molecule has 0 spiro atoms. The van der Waals surface area contributed by atoms with E-state index in [9.17, 15) is 22.4 Å². The number of nitrogens with one attached hydrogen (secondary N) is 2. The SMILES string of the molecule is Cc1cc(S(=O)(=O)N(C)C)ccc1-c1ccc(C[C@H](CC(=O)C2CCC(CN)CC2)C(=O)Nc2ccc(-c3nn[nH]n3)c(F)c2)cc1. The average molecular weight is 662 g/mol. The zero-order chi connectivity index (χ0) is 33.7. The molecule has 1 aromatic heterocycles. The molecule has 0 aliphatic heterocycles. The topological polar surface area (TPSA) is 164 Å². The highest BCUT2D eigenvalue weighted by Crippen LogP contribution is 2.32. The minimum Gasteiger partial charge on any atom is -0.330 e. The van der Waals surface area contributed by atoms with Gasteiger partial charge in [0.25, 0.3) is 0 Å². The third-order valence-corrected chi connectivity index (χ3v) is 10.8. The summed E-state index contributed by atoms with van der Waals surface area (Å²) in [5.41, 5.74) is 9.69. The number of carbonyl (C=O) groups is 2. The number of aryl methyl sites for hydroxylation is 1. The molecule has 11 nitrogen and oxygen atoms in total. The van der Waals surface area contributed by atoms with Crippen molar-refractivity contribution in [2.75, 3.05) is 26.0 Å². The van der Waals surface area contributed by atoms with Crippen LogP contribution in [0.15, 0.2) is 65.6 Å². The molecule has 0 saturated heterocycles. The van der Waals surface area contributed by atoms with Gasteiger partial charge in [0.1, 0.15) is 11.6 Å². The molecule has 1 fully saturated rings. The first-order valence-corrected chi connectivity index (χ1v) is 17.1. The summed E-state index contributed by atoms with van der Waals surface area (Å²) in [5.74, 6) is -1.20. The molecule has 1 amide bonds. The largest absolute Gasteiger partial charge is 0.330 e. The van der Waals surface area contributed by atoms with Gasteiger partial charge in [0.05, 0.1) is 10.5 Å². The van der Waals surface area contributed by atoms with Crippen molar-refractivity contribution < 1.29 is 22.4 Å². The van der Waals surface area contributed by atoms with E-state index >= 15 is 0 Å². The molecule has 5 rings (SSSR count). The fourth-order valence-corrected chi connectivity index (χ4v) is 7.11. The van der Waals surface area contributed by atoms with E-state index in [-0.39, 0.29) is 46.0 Å². The molecule has 0 unspecified atom stereocenters. The molecular weight excluding hydrogens is 621 g/mol. The minimum atomic E-state index is -3.55. The maximum Gasteiger partial charge on any atom is 0.242 e. The van der Waals surface area contributed by atoms with E-state index in [0.717, 1.165) is 47.9 Å². The number of carbonyl (C=O) groups excluding carboxylic acids is 2. The van der Waals surface area contributed by atoms with Crippen molar-refractivity contribution in [2.45, 2.75) is 50.3 Å². The van der Waals surface area contributed by atoms with Crippen molar-refractivity contribution in [1.29, 1.82) is 0 Å². The van der Waals surface area contributed by atoms with E-state index in [0.29, 0.717) is 18.9 Å². The van der Waals surface area contributed by atoms with Crippen LogP contribution in [0.5, 0.6) is 0 Å². The highest BCUT2D eigenvalue weighted by molar-refractivity contribution is 7.89. The van der Waals surface area contributed by atoms with Gasteiger partial charge < -0.3 is 11.1 Å². The van der Waals surface area contributed by atoms with Crippen LogP contribution in [0, 0.1) is 30.5 Å². The van der Waals surface area contributed by atoms with Gasteiger partial charge in [0.2, 0.25) is 21.8 Å². The van der Waals surface area contributed by atoms with Gasteiger partial charge in [0.15, 0.2) is 0 Å². The predicted molar refractivity (Wildman–Crippen MR) is 177 cm³/mol. The van der Waals surface area contributed by atoms with Gasteiger partial charge >= 0.3 is 0 Å². The number of nitrogens with zero attached hydrogens (tertiary/aromatic N) is 4. The summed E-state index contributed by atoms with van der Waals surface area (Å²) in [5, 5.41) is 16.2. The number of halogens is 1. The molecular formula is C34H40FN7O4S. The summed E-state index contributed by atoms with van der Waals surface area (Å²) in [6.45, 7) is 2.48. The smallest absolute Gasteiger partial charge is 0.242 e. The third-order valence-electron chi connectivity index (χ3n) is 9.00. The first-order valence-electron chi connectivity index (χ1n) is 15.7. The van der Waals surface area contributed by atoms with Crippen LogP contribution in [0.25, 0.3) is 22.5 Å². The first kappa shape index (κ1) is 34.0. The summed E-state index contributed by atoms with van der Waals surface area (Å²) >= 11 is 0. The van der Waals surface area contributed by atoms with E-state index in [2.05, 4.69) is 25.9 Å². The number of anilines is 1. The lowest BCUT2D eigenvalue weighted by Crippen LogP contribution is -2.31. The quantitative estimate of drug-likeness (QED) is 0.196. The van der Waals surface area contributed by atoms with Gasteiger partial charge in [-0.25, -0.2) is 17.1 Å². The molecule has 3 aromatic carbocycles. The standard InChI is InChI=1S/C34H40FN7O4S/c1-21-16-28(47(45,46)42(2)3)13-15-29(21)24-8-4-22(5-9-24)17-26(18-32(43)25-10-6-23(20-36)7-11-25)34(44)37-27-12-14-30(31(35)19-27)33-38-40-41-39-33/h4-5,8-9,12-16,19,23,25-26H,6-7,10-11,17-18,20,36H2,1-3H3,(H,37,44)(H,38,39,40,41)/t23?,25?,26-/m1/s1. The van der Waals surface area contributed by atoms with Crippen LogP contribution in [0.1, 0.15) is 43.2 Å². The Morgan fingerprint density at radius 2 is 1.72 bits per heavy atom. The first-order chi connectivity index (χ1) is 22.5. The number of aromatic amines is 1. The van der Waals surface area contributed by atoms with Crippen LogP contribution in [0.3, 0.4) is 0 Å². The molecule has 1 heterocycles. The Labute approximate surface area is 274 Å². The number of Topliss-reactive ketones (excluding diaryl/α,β-unsaturated/α-hetero) is 1. The van der Waals surface area contributed by atoms with Gasteiger partial charge in [0, 0.05) is 38.0 Å². The number of benzene rings is 3. The Kier molecular flexibility index (Phi) is 10.6. The van der Waals surface area contributed by atoms with Gasteiger partial charge in [-0.15, -0.1) is 10.2 Å². The number of tetrazole rings is 1. The van der Waals surface area contributed by atoms with Crippen LogP contribution < -0.4 is 11.1 Å². The maximum absolute atomic E-state index is 14.9. The van der Waals surface area contributed by atoms with E-state index in [1.165, 1.54) is 30.5 Å². The highest BCUT2D eigenvalue weighted by Gasteiger charge is 2.30. The van der Waals surface area contributed by atoms with Gasteiger partial charge in [-0.1, -0.05) is 30.3 Å². The zero-order valence-electron chi connectivity index (χ0n) is 26.7. The number of amides is 1. The Morgan fingerprint density at radius 1 is 1.02 bits per heavy atom. The Balaban J connectivity index is 1.34. The number of aromatic nitrogens is 4. The van der Waals surface area contributed by atoms with Crippen molar-refractivity contribution in [2.24, 2.45) is 23.5 Å². The lowest BCUT2D eigenvalue weighted by atomic mass is 9.77. The number of hydrogen-bond acceptors (Lipinski definition) is 8. The van der Waals surface area contributed by atoms with Crippen molar-refractivity contribution >= 4 is 27.4 Å². The van der Waals surface area contributed by atoms with E-state index in [1.54, 1.807) is 24.3 Å². The second kappa shape index (κ2) is 14.6. The Morgan fingerprint density at radius 3 is 2.32 bits per heavy atom. The summed E-state index contributed by atoms with van der Waals surface area (Å²) in [6.07, 6.45) is 3.70. The number of sulfonamides is 1. The lowest BCUT2D eigenvalue weighted by Gasteiger charge is -2.27. The normalized spacial score (nSPS) is 17.4. The fourth-order valence-electron chi connectivity index (χ4n) is 6.12. The van der Waals surface area contributed by atoms with E-state index in [4.69, 9.17) is 5.73 Å². The zero-order valence-corrected chi connectivity index (χ0v) is 27.6. The Bertz CT molecular complexity index is 1820. The second-order valence-corrected chi connectivity index (χ2v) is 14.6. The highest BCUT2D eigenvalue weighted by atomic mass is 32.2. The number of hydrogen-bond donors (Lipinski definition) is 3. The predicted octanol–water partition coefficient (Wildman–Crippen LogP) is 4.75. The number of nitrogens with two attached hydrogens (primary N) is 1. The maximum atomic E-state index is 14.9. The fraction of sp³-hybridized carbons (Fsp3) is 0.382. The molecule has 1 aliphatic carbocycles. The average Bonchev–Trinajstić information content (AvgIpc) is 3.59. The summed E-state index contributed by atoms with van der Waals surface area (Å²) in [7, 11) is -0.561. The van der Waals surface area contributed by atoms with Gasteiger partial charge in [-0.05, 0) is 109 Å². The van der Waals surface area contributed by atoms with Crippen LogP contribution in [-0.2, 0) is 26.0 Å². The minimum absolute atomic E-state index is 0.0549. The van der Waals surface area contributed by atoms with Crippen LogP contribution in [0.4, 0.5) is 10.1 Å². The third kappa shape index (κ3) is 7.98. The monoisotopic (exact) mass is 661 g/mol. The summed E-state index contributed by atoms with van der Waals surface area (Å²) in [4.78, 5) is 27.3. The van der Waals surface area contributed by atoms with Crippen LogP contribution in [0.2, 0.25) is 0 Å². The van der Waals surface area contributed by atoms with Crippen molar-refractivity contribution in [1.82, 2.24) is 24.9 Å². The van der Waals surface area contributed by atoms with Gasteiger partial charge in [-0.3, -0.25) is 9.59 Å². The molecule has 1 aliphatic rings. The van der Waals surface area contributed by atoms with Crippen LogP contribution >= 0.6 is 0 Å². The van der Waals surface area contributed by atoms with Gasteiger partial charge in [-0.2, -0.15) is 5.21 Å². The molecule has 0 radical (unpaired) electrons. The van der Waals surface area contributed by atoms with E-state index in [1.807, 2.05) is 31.2 Å². The molecule has 4 N–H and O–H groups in total. The van der Waals surface area contributed by atoms with Crippen LogP contribution in [-0.4, -0.2) is 65.7 Å². The number of ketones is 1. The number of H-pyrrole nitrogens is 1. The Hall–Kier alpha value is -4.33. The molecule has 1 saturated carbocycles. The molecule has 13 heteroatoms. The van der Waals surface area contributed by atoms with E-state index < -0.39 is 21.8 Å². The molecule has 47 heavy (non-hydrogen) atoms. The molecule has 0 bridgehead atoms. The summed E-state index contributed by atoms with van der Waals surface area (Å²) in [6, 6.07) is 16.9.